The second kappa shape index (κ2) is 9.47. The first-order valence-electron chi connectivity index (χ1n) is 7.57. The normalized spacial score (nSPS) is 12.1. The van der Waals surface area contributed by atoms with E-state index in [9.17, 15) is 14.5 Å². The van der Waals surface area contributed by atoms with Crippen LogP contribution in [0.3, 0.4) is 0 Å². The standard InChI is InChI=1S/C16H23O7P/c1-5-21-16(18)15(24(19,22-6-2)23-7-3)11-12-8-9-13(17)14(10-12)20-4/h8-11,17H,5-7H2,1-4H3. The molecule has 0 saturated heterocycles. The minimum Gasteiger partial charge on any atom is -0.504 e. The van der Waals surface area contributed by atoms with Crippen LogP contribution >= 0.6 is 7.60 Å². The van der Waals surface area contributed by atoms with Crippen LogP contribution in [-0.2, 0) is 23.1 Å². The van der Waals surface area contributed by atoms with Crippen molar-refractivity contribution >= 4 is 19.6 Å². The Kier molecular flexibility index (Phi) is 7.98. The van der Waals surface area contributed by atoms with Crippen molar-refractivity contribution in [3.8, 4) is 11.5 Å². The maximum Gasteiger partial charge on any atom is 0.368 e. The van der Waals surface area contributed by atoms with Crippen molar-refractivity contribution in [1.29, 1.82) is 0 Å². The molecule has 0 aliphatic rings. The molecular formula is C16H23O7P. The third kappa shape index (κ3) is 5.09. The molecule has 0 amide bonds. The molecule has 1 aromatic carbocycles. The number of hydrogen-bond acceptors (Lipinski definition) is 7. The highest BCUT2D eigenvalue weighted by atomic mass is 31.2. The summed E-state index contributed by atoms with van der Waals surface area (Å²) in [7, 11) is -2.43. The Bertz CT molecular complexity index is 629. The van der Waals surface area contributed by atoms with Crippen LogP contribution in [0.5, 0.6) is 11.5 Å². The lowest BCUT2D eigenvalue weighted by molar-refractivity contribution is -0.137. The van der Waals surface area contributed by atoms with Gasteiger partial charge in [0.05, 0.1) is 26.9 Å². The minimum atomic E-state index is -3.83. The van der Waals surface area contributed by atoms with Gasteiger partial charge in [0.15, 0.2) is 11.5 Å². The van der Waals surface area contributed by atoms with Crippen LogP contribution < -0.4 is 4.74 Å². The lowest BCUT2D eigenvalue weighted by Gasteiger charge is -2.19. The Morgan fingerprint density at radius 1 is 1.17 bits per heavy atom. The zero-order valence-electron chi connectivity index (χ0n) is 14.3. The van der Waals surface area contributed by atoms with Gasteiger partial charge in [-0.05, 0) is 44.5 Å². The van der Waals surface area contributed by atoms with E-state index in [2.05, 4.69) is 0 Å². The van der Waals surface area contributed by atoms with Crippen molar-refractivity contribution in [1.82, 2.24) is 0 Å². The Hall–Kier alpha value is -1.82. The van der Waals surface area contributed by atoms with E-state index in [-0.39, 0.29) is 36.6 Å². The molecule has 0 radical (unpaired) electrons. The molecule has 0 heterocycles. The highest BCUT2D eigenvalue weighted by Gasteiger charge is 2.36. The molecule has 0 saturated carbocycles. The maximum atomic E-state index is 13.0. The van der Waals surface area contributed by atoms with Crippen LogP contribution in [0.25, 0.3) is 6.08 Å². The zero-order chi connectivity index (χ0) is 18.2. The molecule has 1 rings (SSSR count). The van der Waals surface area contributed by atoms with Crippen molar-refractivity contribution < 1.29 is 33.0 Å². The number of esters is 1. The van der Waals surface area contributed by atoms with E-state index in [1.165, 1.54) is 25.3 Å². The smallest absolute Gasteiger partial charge is 0.368 e. The van der Waals surface area contributed by atoms with Gasteiger partial charge in [-0.2, -0.15) is 0 Å². The van der Waals surface area contributed by atoms with Crippen molar-refractivity contribution in [3.63, 3.8) is 0 Å². The van der Waals surface area contributed by atoms with Crippen LogP contribution in [0.15, 0.2) is 23.5 Å². The van der Waals surface area contributed by atoms with Gasteiger partial charge < -0.3 is 23.6 Å². The van der Waals surface area contributed by atoms with Gasteiger partial charge in [0.1, 0.15) is 5.31 Å². The highest BCUT2D eigenvalue weighted by molar-refractivity contribution is 7.60. The van der Waals surface area contributed by atoms with E-state index in [4.69, 9.17) is 18.5 Å². The molecule has 0 bridgehead atoms. The van der Waals surface area contributed by atoms with Gasteiger partial charge in [-0.25, -0.2) is 4.79 Å². The molecule has 7 nitrogen and oxygen atoms in total. The number of phenolic OH excluding ortho intramolecular Hbond substituents is 1. The van der Waals surface area contributed by atoms with Gasteiger partial charge in [-0.1, -0.05) is 6.07 Å². The number of ether oxygens (including phenoxy) is 2. The monoisotopic (exact) mass is 358 g/mol. The Labute approximate surface area is 141 Å². The Morgan fingerprint density at radius 2 is 1.79 bits per heavy atom. The van der Waals surface area contributed by atoms with Gasteiger partial charge in [-0.3, -0.25) is 4.57 Å². The summed E-state index contributed by atoms with van der Waals surface area (Å²) in [4.78, 5) is 12.3. The van der Waals surface area contributed by atoms with E-state index in [1.807, 2.05) is 0 Å². The molecule has 8 heteroatoms. The van der Waals surface area contributed by atoms with Crippen molar-refractivity contribution in [2.24, 2.45) is 0 Å². The van der Waals surface area contributed by atoms with Gasteiger partial charge in [0.2, 0.25) is 0 Å². The predicted molar refractivity (Wildman–Crippen MR) is 90.1 cm³/mol. The van der Waals surface area contributed by atoms with Gasteiger partial charge in [-0.15, -0.1) is 0 Å². The summed E-state index contributed by atoms with van der Waals surface area (Å²) >= 11 is 0. The average molecular weight is 358 g/mol. The second-order valence-corrected chi connectivity index (χ2v) is 6.51. The van der Waals surface area contributed by atoms with Crippen molar-refractivity contribution in [3.05, 3.63) is 29.1 Å². The quantitative estimate of drug-likeness (QED) is 0.410. The minimum absolute atomic E-state index is 0.0508. The molecular weight excluding hydrogens is 335 g/mol. The van der Waals surface area contributed by atoms with Crippen LogP contribution in [-0.4, -0.2) is 38.0 Å². The molecule has 0 fully saturated rings. The van der Waals surface area contributed by atoms with Crippen LogP contribution in [0.2, 0.25) is 0 Å². The van der Waals surface area contributed by atoms with Gasteiger partial charge in [0.25, 0.3) is 0 Å². The molecule has 0 aliphatic heterocycles. The third-order valence-corrected chi connectivity index (χ3v) is 4.98. The zero-order valence-corrected chi connectivity index (χ0v) is 15.2. The lowest BCUT2D eigenvalue weighted by atomic mass is 10.2. The van der Waals surface area contributed by atoms with E-state index in [1.54, 1.807) is 26.8 Å². The van der Waals surface area contributed by atoms with Crippen LogP contribution in [0.1, 0.15) is 26.3 Å². The lowest BCUT2D eigenvalue weighted by Crippen LogP contribution is -2.11. The van der Waals surface area contributed by atoms with Crippen LogP contribution in [0, 0.1) is 0 Å². The fraction of sp³-hybridized carbons (Fsp3) is 0.438. The molecule has 0 aliphatic carbocycles. The number of phenols is 1. The molecule has 24 heavy (non-hydrogen) atoms. The first-order valence-corrected chi connectivity index (χ1v) is 9.11. The van der Waals surface area contributed by atoms with Crippen molar-refractivity contribution in [2.45, 2.75) is 20.8 Å². The fourth-order valence-corrected chi connectivity index (χ4v) is 3.54. The fourth-order valence-electron chi connectivity index (χ4n) is 1.91. The van der Waals surface area contributed by atoms with Gasteiger partial charge >= 0.3 is 13.6 Å². The predicted octanol–water partition coefficient (Wildman–Crippen LogP) is 3.57. The SMILES string of the molecule is CCOC(=O)C(=Cc1ccc(O)c(OC)c1)P(=O)(OCC)OCC. The largest absolute Gasteiger partial charge is 0.504 e. The van der Waals surface area contributed by atoms with E-state index in [0.717, 1.165) is 0 Å². The second-order valence-electron chi connectivity index (χ2n) is 4.51. The van der Waals surface area contributed by atoms with Crippen LogP contribution in [0.4, 0.5) is 0 Å². The number of carbonyl (C=O) groups excluding carboxylic acids is 1. The summed E-state index contributed by atoms with van der Waals surface area (Å²) in [6, 6.07) is 4.44. The van der Waals surface area contributed by atoms with Crippen molar-refractivity contribution in [2.75, 3.05) is 26.9 Å². The highest BCUT2D eigenvalue weighted by Crippen LogP contribution is 2.57. The third-order valence-electron chi connectivity index (χ3n) is 2.88. The number of carbonyl (C=O) groups is 1. The number of benzene rings is 1. The molecule has 0 aromatic heterocycles. The van der Waals surface area contributed by atoms with E-state index in [0.29, 0.717) is 5.56 Å². The number of rotatable bonds is 9. The molecule has 0 unspecified atom stereocenters. The number of hydrogen-bond donors (Lipinski definition) is 1. The summed E-state index contributed by atoms with van der Waals surface area (Å²) < 4.78 is 33.4. The Morgan fingerprint density at radius 3 is 2.29 bits per heavy atom. The number of aromatic hydroxyl groups is 1. The molecule has 0 atom stereocenters. The average Bonchev–Trinajstić information content (AvgIpc) is 2.54. The summed E-state index contributed by atoms with van der Waals surface area (Å²) in [5, 5.41) is 9.44. The molecule has 0 spiro atoms. The summed E-state index contributed by atoms with van der Waals surface area (Å²) in [5.41, 5.74) is 0.479. The topological polar surface area (TPSA) is 91.3 Å². The maximum absolute atomic E-state index is 13.0. The first kappa shape index (κ1) is 20.2. The van der Waals surface area contributed by atoms with E-state index >= 15 is 0 Å². The summed E-state index contributed by atoms with van der Waals surface area (Å²) in [6.45, 7) is 5.27. The molecule has 1 N–H and O–H groups in total. The molecule has 134 valence electrons. The van der Waals surface area contributed by atoms with E-state index < -0.39 is 13.6 Å². The molecule has 1 aromatic rings. The Balaban J connectivity index is 3.41. The summed E-state index contributed by atoms with van der Waals surface area (Å²) in [5.74, 6) is -0.616. The van der Waals surface area contributed by atoms with Gasteiger partial charge in [0, 0.05) is 0 Å². The first-order chi connectivity index (χ1) is 11.4. The summed E-state index contributed by atoms with van der Waals surface area (Å²) in [6.07, 6.45) is 1.35. The number of methoxy groups -OCH3 is 1.